The van der Waals surface area contributed by atoms with E-state index in [9.17, 15) is 22.8 Å². The number of nitrogens with zero attached hydrogens (tertiary/aromatic N) is 3. The topological polar surface area (TPSA) is 75.4 Å². The fraction of sp³-hybridized carbons (Fsp3) is 0.667. The Kier molecular flexibility index (Phi) is 4.65. The SMILES string of the molecule is Cn1cc(CC(=O)N2CC(CC(=O)O)C(C)(C)C2)c(C(F)(F)F)n1. The van der Waals surface area contributed by atoms with Gasteiger partial charge in [-0.3, -0.25) is 14.3 Å². The van der Waals surface area contributed by atoms with Gasteiger partial charge >= 0.3 is 12.1 Å². The molecule has 1 aliphatic rings. The summed E-state index contributed by atoms with van der Waals surface area (Å²) >= 11 is 0. The summed E-state index contributed by atoms with van der Waals surface area (Å²) in [6.45, 7) is 4.28. The van der Waals surface area contributed by atoms with Crippen LogP contribution in [0.25, 0.3) is 0 Å². The number of aryl methyl sites for hydroxylation is 1. The molecule has 1 aliphatic heterocycles. The zero-order valence-electron chi connectivity index (χ0n) is 13.7. The minimum atomic E-state index is -4.62. The number of aliphatic carboxylic acids is 1. The Balaban J connectivity index is 2.13. The van der Waals surface area contributed by atoms with E-state index in [1.807, 2.05) is 13.8 Å². The number of hydrogen-bond acceptors (Lipinski definition) is 3. The number of carboxylic acids is 1. The van der Waals surface area contributed by atoms with E-state index in [1.165, 1.54) is 18.1 Å². The van der Waals surface area contributed by atoms with Crippen LogP contribution in [0.2, 0.25) is 0 Å². The molecule has 24 heavy (non-hydrogen) atoms. The zero-order chi connectivity index (χ0) is 18.3. The van der Waals surface area contributed by atoms with Crippen LogP contribution < -0.4 is 0 Å². The second-order valence-corrected chi connectivity index (χ2v) is 6.91. The van der Waals surface area contributed by atoms with Crippen LogP contribution in [0, 0.1) is 11.3 Å². The first-order valence-electron chi connectivity index (χ1n) is 7.49. The fourth-order valence-electron chi connectivity index (χ4n) is 3.12. The Labute approximate surface area is 137 Å². The van der Waals surface area contributed by atoms with E-state index in [1.54, 1.807) is 0 Å². The number of aromatic nitrogens is 2. The maximum Gasteiger partial charge on any atom is 0.435 e. The number of rotatable bonds is 4. The second kappa shape index (κ2) is 6.10. The molecule has 0 radical (unpaired) electrons. The van der Waals surface area contributed by atoms with E-state index in [2.05, 4.69) is 5.10 Å². The van der Waals surface area contributed by atoms with Gasteiger partial charge in [-0.25, -0.2) is 0 Å². The van der Waals surface area contributed by atoms with Gasteiger partial charge in [-0.2, -0.15) is 18.3 Å². The Morgan fingerprint density at radius 1 is 1.42 bits per heavy atom. The van der Waals surface area contributed by atoms with Crippen molar-refractivity contribution in [1.29, 1.82) is 0 Å². The first-order chi connectivity index (χ1) is 10.9. The lowest BCUT2D eigenvalue weighted by Crippen LogP contribution is -2.31. The smallest absolute Gasteiger partial charge is 0.435 e. The van der Waals surface area contributed by atoms with E-state index < -0.39 is 35.6 Å². The van der Waals surface area contributed by atoms with Gasteiger partial charge in [0.2, 0.25) is 5.91 Å². The van der Waals surface area contributed by atoms with Crippen molar-refractivity contribution in [1.82, 2.24) is 14.7 Å². The van der Waals surface area contributed by atoms with Gasteiger partial charge in [0.05, 0.1) is 12.8 Å². The summed E-state index contributed by atoms with van der Waals surface area (Å²) in [5, 5.41) is 12.3. The summed E-state index contributed by atoms with van der Waals surface area (Å²) in [4.78, 5) is 24.8. The highest BCUT2D eigenvalue weighted by molar-refractivity contribution is 5.79. The summed E-state index contributed by atoms with van der Waals surface area (Å²) in [6.07, 6.45) is -3.90. The lowest BCUT2D eigenvalue weighted by molar-refractivity contribution is -0.142. The number of halogens is 3. The molecule has 2 rings (SSSR count). The summed E-state index contributed by atoms with van der Waals surface area (Å²) < 4.78 is 39.9. The maximum absolute atomic E-state index is 13.0. The van der Waals surface area contributed by atoms with Crippen molar-refractivity contribution in [3.8, 4) is 0 Å². The molecule has 1 atom stereocenters. The van der Waals surface area contributed by atoms with E-state index in [4.69, 9.17) is 5.11 Å². The average molecular weight is 347 g/mol. The van der Waals surface area contributed by atoms with Gasteiger partial charge in [0.15, 0.2) is 5.69 Å². The summed E-state index contributed by atoms with van der Waals surface area (Å²) in [6, 6.07) is 0. The molecule has 1 amide bonds. The molecule has 1 fully saturated rings. The van der Waals surface area contributed by atoms with Crippen molar-refractivity contribution < 1.29 is 27.9 Å². The molecule has 1 unspecified atom stereocenters. The van der Waals surface area contributed by atoms with Crippen molar-refractivity contribution in [3.05, 3.63) is 17.5 Å². The van der Waals surface area contributed by atoms with Gasteiger partial charge in [0, 0.05) is 31.9 Å². The van der Waals surface area contributed by atoms with Gasteiger partial charge in [-0.05, 0) is 11.3 Å². The molecule has 1 saturated heterocycles. The summed E-state index contributed by atoms with van der Waals surface area (Å²) in [7, 11) is 1.37. The number of alkyl halides is 3. The van der Waals surface area contributed by atoms with Gasteiger partial charge in [0.25, 0.3) is 0 Å². The molecule has 1 aromatic heterocycles. The van der Waals surface area contributed by atoms with Crippen molar-refractivity contribution in [2.45, 2.75) is 32.9 Å². The van der Waals surface area contributed by atoms with Crippen molar-refractivity contribution in [3.63, 3.8) is 0 Å². The molecular formula is C15H20F3N3O3. The quantitative estimate of drug-likeness (QED) is 0.903. The Morgan fingerprint density at radius 2 is 2.04 bits per heavy atom. The number of carbonyl (C=O) groups excluding carboxylic acids is 1. The van der Waals surface area contributed by atoms with Gasteiger partial charge in [0.1, 0.15) is 0 Å². The van der Waals surface area contributed by atoms with E-state index in [0.717, 1.165) is 4.68 Å². The first kappa shape index (κ1) is 18.3. The zero-order valence-corrected chi connectivity index (χ0v) is 13.7. The number of carboxylic acid groups (broad SMARTS) is 1. The highest BCUT2D eigenvalue weighted by Crippen LogP contribution is 2.38. The van der Waals surface area contributed by atoms with Crippen LogP contribution in [0.4, 0.5) is 13.2 Å². The molecule has 9 heteroatoms. The van der Waals surface area contributed by atoms with Crippen LogP contribution in [0.3, 0.4) is 0 Å². The predicted octanol–water partition coefficient (Wildman–Crippen LogP) is 1.94. The van der Waals surface area contributed by atoms with Gasteiger partial charge in [-0.15, -0.1) is 0 Å². The summed E-state index contributed by atoms with van der Waals surface area (Å²) in [5.74, 6) is -1.63. The van der Waals surface area contributed by atoms with Crippen molar-refractivity contribution in [2.24, 2.45) is 18.4 Å². The molecular weight excluding hydrogens is 327 g/mol. The second-order valence-electron chi connectivity index (χ2n) is 6.91. The van der Waals surface area contributed by atoms with Gasteiger partial charge in [-0.1, -0.05) is 13.8 Å². The largest absolute Gasteiger partial charge is 0.481 e. The maximum atomic E-state index is 13.0. The van der Waals surface area contributed by atoms with Crippen LogP contribution in [-0.4, -0.2) is 44.8 Å². The van der Waals surface area contributed by atoms with Crippen LogP contribution in [0.15, 0.2) is 6.20 Å². The number of carbonyl (C=O) groups is 2. The third-order valence-corrected chi connectivity index (χ3v) is 4.43. The van der Waals surface area contributed by atoms with Crippen molar-refractivity contribution >= 4 is 11.9 Å². The van der Waals surface area contributed by atoms with Crippen LogP contribution >= 0.6 is 0 Å². The van der Waals surface area contributed by atoms with E-state index in [-0.39, 0.29) is 24.4 Å². The Hall–Kier alpha value is -2.06. The Morgan fingerprint density at radius 3 is 2.58 bits per heavy atom. The minimum Gasteiger partial charge on any atom is -0.481 e. The molecule has 0 spiro atoms. The number of hydrogen-bond donors (Lipinski definition) is 1. The molecule has 0 bridgehead atoms. The Bertz CT molecular complexity index is 652. The standard InChI is InChI=1S/C15H20F3N3O3/c1-14(2)8-21(7-10(14)5-12(23)24)11(22)4-9-6-20(3)19-13(9)15(16,17)18/h6,10H,4-5,7-8H2,1-3H3,(H,23,24). The fourth-order valence-corrected chi connectivity index (χ4v) is 3.12. The highest BCUT2D eigenvalue weighted by atomic mass is 19.4. The third-order valence-electron chi connectivity index (χ3n) is 4.43. The highest BCUT2D eigenvalue weighted by Gasteiger charge is 2.43. The van der Waals surface area contributed by atoms with Crippen molar-refractivity contribution in [2.75, 3.05) is 13.1 Å². The lowest BCUT2D eigenvalue weighted by atomic mass is 9.80. The number of amides is 1. The molecule has 0 saturated carbocycles. The molecule has 2 heterocycles. The normalized spacial score (nSPS) is 20.4. The van der Waals surface area contributed by atoms with E-state index in [0.29, 0.717) is 6.54 Å². The molecule has 134 valence electrons. The monoisotopic (exact) mass is 347 g/mol. The van der Waals surface area contributed by atoms with E-state index >= 15 is 0 Å². The predicted molar refractivity (Wildman–Crippen MR) is 78.0 cm³/mol. The molecule has 1 aromatic rings. The molecule has 0 aromatic carbocycles. The van der Waals surface area contributed by atoms with Gasteiger partial charge < -0.3 is 10.0 Å². The number of likely N-dealkylation sites (tertiary alicyclic amines) is 1. The average Bonchev–Trinajstić information content (AvgIpc) is 2.89. The first-order valence-corrected chi connectivity index (χ1v) is 7.49. The van der Waals surface area contributed by atoms with Crippen LogP contribution in [0.5, 0.6) is 0 Å². The minimum absolute atomic E-state index is 0.0720. The molecule has 1 N–H and O–H groups in total. The summed E-state index contributed by atoms with van der Waals surface area (Å²) in [5.41, 5.74) is -1.62. The third kappa shape index (κ3) is 3.88. The molecule has 0 aliphatic carbocycles. The molecule has 6 nitrogen and oxygen atoms in total. The van der Waals surface area contributed by atoms with Crippen LogP contribution in [-0.2, 0) is 29.2 Å². The lowest BCUT2D eigenvalue weighted by Gasteiger charge is -2.23. The van der Waals surface area contributed by atoms with Crippen LogP contribution in [0.1, 0.15) is 31.5 Å².